The molecule has 1 saturated heterocycles. The number of hydrogen-bond acceptors (Lipinski definition) is 5. The molecule has 1 aliphatic heterocycles. The molecule has 1 aromatic heterocycles. The van der Waals surface area contributed by atoms with Crippen molar-refractivity contribution in [3.8, 4) is 11.5 Å². The minimum atomic E-state index is -1.15. The van der Waals surface area contributed by atoms with Crippen LogP contribution in [-0.4, -0.2) is 51.0 Å². The maximum atomic E-state index is 12.7. The maximum absolute atomic E-state index is 12.7. The summed E-state index contributed by atoms with van der Waals surface area (Å²) < 4.78 is 13.2. The minimum Gasteiger partial charge on any atom is -0.476 e. The van der Waals surface area contributed by atoms with Gasteiger partial charge in [-0.1, -0.05) is 23.7 Å². The van der Waals surface area contributed by atoms with Crippen molar-refractivity contribution in [2.75, 3.05) is 13.1 Å². The predicted octanol–water partition coefficient (Wildman–Crippen LogP) is 4.92. The van der Waals surface area contributed by atoms with Gasteiger partial charge in [0.1, 0.15) is 11.5 Å². The molecule has 9 heteroatoms. The highest BCUT2D eigenvalue weighted by molar-refractivity contribution is 6.30. The van der Waals surface area contributed by atoms with E-state index in [9.17, 15) is 9.59 Å². The summed E-state index contributed by atoms with van der Waals surface area (Å²) in [6.07, 6.45) is 3.34. The van der Waals surface area contributed by atoms with Gasteiger partial charge in [0.2, 0.25) is 0 Å². The first-order valence-electron chi connectivity index (χ1n) is 11.2. The molecule has 2 aliphatic rings. The number of benzene rings is 2. The summed E-state index contributed by atoms with van der Waals surface area (Å²) >= 11 is 5.93. The molecule has 1 N–H and O–H groups in total. The molecule has 0 bridgehead atoms. The van der Waals surface area contributed by atoms with Crippen molar-refractivity contribution in [2.45, 2.75) is 25.6 Å². The zero-order valence-corrected chi connectivity index (χ0v) is 19.1. The van der Waals surface area contributed by atoms with E-state index >= 15 is 0 Å². The Bertz CT molecular complexity index is 1180. The largest absolute Gasteiger partial charge is 0.476 e. The van der Waals surface area contributed by atoms with Gasteiger partial charge in [0.25, 0.3) is 0 Å². The van der Waals surface area contributed by atoms with E-state index in [-0.39, 0.29) is 17.8 Å². The topological polar surface area (TPSA) is 93.9 Å². The van der Waals surface area contributed by atoms with Crippen LogP contribution in [-0.2, 0) is 11.3 Å². The van der Waals surface area contributed by atoms with Crippen LogP contribution in [0, 0.1) is 11.8 Å². The van der Waals surface area contributed by atoms with E-state index < -0.39 is 5.97 Å². The fourth-order valence-corrected chi connectivity index (χ4v) is 4.90. The SMILES string of the molecule is O=C(O)c1ccn(C(=O)N2CC3CC(OCc4cccc(Oc5ccc(Cl)cc5)c4)CC3C2)n1. The van der Waals surface area contributed by atoms with Gasteiger partial charge in [0.15, 0.2) is 5.69 Å². The molecule has 2 aromatic carbocycles. The second-order valence-electron chi connectivity index (χ2n) is 8.77. The van der Waals surface area contributed by atoms with Crippen LogP contribution in [0.15, 0.2) is 60.8 Å². The Balaban J connectivity index is 1.11. The Morgan fingerprint density at radius 1 is 1.03 bits per heavy atom. The third kappa shape index (κ3) is 4.93. The number of rotatable bonds is 6. The molecule has 2 atom stereocenters. The molecular formula is C25H24ClN3O5. The van der Waals surface area contributed by atoms with Gasteiger partial charge in [-0.25, -0.2) is 9.59 Å². The van der Waals surface area contributed by atoms with Crippen molar-refractivity contribution in [3.63, 3.8) is 0 Å². The number of carboxylic acid groups (broad SMARTS) is 1. The minimum absolute atomic E-state index is 0.135. The number of likely N-dealkylation sites (tertiary alicyclic amines) is 1. The van der Waals surface area contributed by atoms with Gasteiger partial charge in [-0.3, -0.25) is 0 Å². The molecule has 34 heavy (non-hydrogen) atoms. The lowest BCUT2D eigenvalue weighted by atomic mass is 10.0. The van der Waals surface area contributed by atoms with Crippen LogP contribution in [0.1, 0.15) is 28.9 Å². The number of fused-ring (bicyclic) bond motifs is 1. The quantitative estimate of drug-likeness (QED) is 0.537. The number of aromatic nitrogens is 2. The van der Waals surface area contributed by atoms with Gasteiger partial charge < -0.3 is 19.5 Å². The molecule has 2 unspecified atom stereocenters. The normalized spacial score (nSPS) is 21.4. The van der Waals surface area contributed by atoms with E-state index in [1.807, 2.05) is 36.4 Å². The van der Waals surface area contributed by atoms with Crippen molar-refractivity contribution < 1.29 is 24.2 Å². The lowest BCUT2D eigenvalue weighted by Gasteiger charge is -2.19. The van der Waals surface area contributed by atoms with Crippen molar-refractivity contribution in [3.05, 3.63) is 77.1 Å². The van der Waals surface area contributed by atoms with Gasteiger partial charge in [-0.05, 0) is 72.7 Å². The molecule has 0 spiro atoms. The molecule has 2 heterocycles. The number of aromatic carboxylic acids is 1. The Labute approximate surface area is 201 Å². The number of hydrogen-bond donors (Lipinski definition) is 1. The Hall–Kier alpha value is -3.36. The number of ether oxygens (including phenoxy) is 2. The first-order chi connectivity index (χ1) is 16.4. The van der Waals surface area contributed by atoms with Gasteiger partial charge >= 0.3 is 12.0 Å². The summed E-state index contributed by atoms with van der Waals surface area (Å²) in [6, 6.07) is 16.1. The summed E-state index contributed by atoms with van der Waals surface area (Å²) in [5.74, 6) is 1.07. The first kappa shape index (κ1) is 22.4. The van der Waals surface area contributed by atoms with Gasteiger partial charge in [-0.15, -0.1) is 0 Å². The molecule has 5 rings (SSSR count). The van der Waals surface area contributed by atoms with E-state index in [1.165, 1.54) is 12.3 Å². The standard InChI is InChI=1S/C25H24ClN3O5/c26-19-4-6-20(7-5-19)34-21-3-1-2-16(10-21)15-33-22-11-17-13-28(14-18(17)12-22)25(32)29-9-8-23(27-29)24(30)31/h1-10,17-18,22H,11-15H2,(H,30,31). The highest BCUT2D eigenvalue weighted by Crippen LogP contribution is 2.40. The number of halogens is 1. The van der Waals surface area contributed by atoms with Crippen molar-refractivity contribution >= 4 is 23.6 Å². The van der Waals surface area contributed by atoms with Crippen molar-refractivity contribution in [1.29, 1.82) is 0 Å². The molecule has 1 aliphatic carbocycles. The van der Waals surface area contributed by atoms with Crippen LogP contribution in [0.25, 0.3) is 0 Å². The zero-order valence-electron chi connectivity index (χ0n) is 18.3. The Morgan fingerprint density at radius 2 is 1.76 bits per heavy atom. The van der Waals surface area contributed by atoms with Gasteiger partial charge in [-0.2, -0.15) is 9.78 Å². The van der Waals surface area contributed by atoms with Crippen LogP contribution in [0.3, 0.4) is 0 Å². The number of amides is 1. The number of nitrogens with zero attached hydrogens (tertiary/aromatic N) is 3. The van der Waals surface area contributed by atoms with E-state index in [1.54, 1.807) is 17.0 Å². The highest BCUT2D eigenvalue weighted by atomic mass is 35.5. The van der Waals surface area contributed by atoms with E-state index in [0.29, 0.717) is 36.6 Å². The third-order valence-electron chi connectivity index (χ3n) is 6.42. The van der Waals surface area contributed by atoms with Crippen LogP contribution >= 0.6 is 11.6 Å². The summed E-state index contributed by atoms with van der Waals surface area (Å²) in [4.78, 5) is 25.4. The van der Waals surface area contributed by atoms with Crippen molar-refractivity contribution in [2.24, 2.45) is 11.8 Å². The third-order valence-corrected chi connectivity index (χ3v) is 6.67. The molecule has 176 valence electrons. The summed E-state index contributed by atoms with van der Waals surface area (Å²) in [5.41, 5.74) is 0.900. The average Bonchev–Trinajstić information content (AvgIpc) is 3.54. The summed E-state index contributed by atoms with van der Waals surface area (Å²) in [7, 11) is 0. The Kier molecular flexibility index (Phi) is 6.26. The average molecular weight is 482 g/mol. The number of carbonyl (C=O) groups is 2. The first-order valence-corrected chi connectivity index (χ1v) is 11.5. The van der Waals surface area contributed by atoms with Crippen molar-refractivity contribution in [1.82, 2.24) is 14.7 Å². The lowest BCUT2D eigenvalue weighted by Crippen LogP contribution is -2.34. The smallest absolute Gasteiger partial charge is 0.356 e. The number of carboxylic acids is 1. The highest BCUT2D eigenvalue weighted by Gasteiger charge is 2.43. The molecule has 3 aromatic rings. The fraction of sp³-hybridized carbons (Fsp3) is 0.320. The molecule has 1 saturated carbocycles. The van der Waals surface area contributed by atoms with Crippen LogP contribution in [0.2, 0.25) is 5.02 Å². The lowest BCUT2D eigenvalue weighted by molar-refractivity contribution is 0.0382. The fourth-order valence-electron chi connectivity index (χ4n) is 4.78. The predicted molar refractivity (Wildman–Crippen MR) is 124 cm³/mol. The van der Waals surface area contributed by atoms with E-state index in [0.717, 1.165) is 34.6 Å². The zero-order chi connectivity index (χ0) is 23.7. The summed E-state index contributed by atoms with van der Waals surface area (Å²) in [5, 5.41) is 13.5. The molecule has 2 fully saturated rings. The van der Waals surface area contributed by atoms with Crippen LogP contribution < -0.4 is 4.74 Å². The van der Waals surface area contributed by atoms with Gasteiger partial charge in [0.05, 0.1) is 12.7 Å². The molecule has 0 radical (unpaired) electrons. The van der Waals surface area contributed by atoms with E-state index in [2.05, 4.69) is 5.10 Å². The van der Waals surface area contributed by atoms with Crippen LogP contribution in [0.5, 0.6) is 11.5 Å². The monoisotopic (exact) mass is 481 g/mol. The van der Waals surface area contributed by atoms with E-state index in [4.69, 9.17) is 26.2 Å². The number of carbonyl (C=O) groups excluding carboxylic acids is 1. The maximum Gasteiger partial charge on any atom is 0.356 e. The Morgan fingerprint density at radius 3 is 2.44 bits per heavy atom. The second kappa shape index (κ2) is 9.48. The summed E-state index contributed by atoms with van der Waals surface area (Å²) in [6.45, 7) is 1.77. The molecule has 1 amide bonds. The second-order valence-corrected chi connectivity index (χ2v) is 9.20. The molecular weight excluding hydrogens is 458 g/mol. The van der Waals surface area contributed by atoms with Gasteiger partial charge in [0, 0.05) is 24.3 Å². The van der Waals surface area contributed by atoms with Crippen LogP contribution in [0.4, 0.5) is 4.79 Å². The molecule has 8 nitrogen and oxygen atoms in total.